The molecule has 2 aromatic heterocycles. The summed E-state index contributed by atoms with van der Waals surface area (Å²) in [4.78, 5) is 37.3. The van der Waals surface area contributed by atoms with Crippen LogP contribution in [0.5, 0.6) is 0 Å². The monoisotopic (exact) mass is 476 g/mol. The first-order valence-electron chi connectivity index (χ1n) is 10.7. The van der Waals surface area contributed by atoms with Crippen molar-refractivity contribution in [1.29, 1.82) is 0 Å². The minimum absolute atomic E-state index is 0.0174. The van der Waals surface area contributed by atoms with Crippen molar-refractivity contribution in [2.75, 3.05) is 23.7 Å². The van der Waals surface area contributed by atoms with E-state index in [4.69, 9.17) is 11.6 Å². The van der Waals surface area contributed by atoms with Gasteiger partial charge in [-0.05, 0) is 73.5 Å². The number of carbonyl (C=O) groups excluding carboxylic acids is 1. The highest BCUT2D eigenvalue weighted by atomic mass is 35.5. The maximum atomic E-state index is 13.2. The van der Waals surface area contributed by atoms with Crippen LogP contribution in [0.1, 0.15) is 23.2 Å². The summed E-state index contributed by atoms with van der Waals surface area (Å²) in [6, 6.07) is 18.2. The molecule has 1 fully saturated rings. The van der Waals surface area contributed by atoms with Crippen LogP contribution in [-0.2, 0) is 0 Å². The van der Waals surface area contributed by atoms with Crippen molar-refractivity contribution < 1.29 is 4.79 Å². The van der Waals surface area contributed by atoms with E-state index < -0.39 is 0 Å². The fourth-order valence-electron chi connectivity index (χ4n) is 3.96. The molecule has 0 radical (unpaired) electrons. The maximum Gasteiger partial charge on any atom is 0.285 e. The van der Waals surface area contributed by atoms with E-state index in [1.165, 1.54) is 29.2 Å². The molecule has 5 rings (SSSR count). The molecule has 0 saturated carbocycles. The van der Waals surface area contributed by atoms with E-state index in [1.807, 2.05) is 24.3 Å². The van der Waals surface area contributed by atoms with Crippen LogP contribution < -0.4 is 10.5 Å². The van der Waals surface area contributed by atoms with Gasteiger partial charge in [0, 0.05) is 35.6 Å². The summed E-state index contributed by atoms with van der Waals surface area (Å²) in [5.41, 5.74) is 2.91. The molecule has 33 heavy (non-hydrogen) atoms. The Morgan fingerprint density at radius 2 is 1.67 bits per heavy atom. The predicted molar refractivity (Wildman–Crippen MR) is 133 cm³/mol. The van der Waals surface area contributed by atoms with Gasteiger partial charge in [-0.25, -0.2) is 9.97 Å². The summed E-state index contributed by atoms with van der Waals surface area (Å²) in [6.45, 7) is 2.13. The molecule has 0 unspecified atom stereocenters. The Bertz CT molecular complexity index is 1360. The standard InChI is InChI=1S/C25H21ClN4O2S/c26-18-7-11-20(12-8-18)30-24(32)23-21(4-3-13-27-23)28-25(30)33-16-22(31)17-5-9-19(10-6-17)29-14-1-2-15-29/h3-13H,1-2,14-16H2. The lowest BCUT2D eigenvalue weighted by atomic mass is 10.1. The number of hydrogen-bond acceptors (Lipinski definition) is 6. The van der Waals surface area contributed by atoms with Crippen LogP contribution in [0.25, 0.3) is 16.7 Å². The summed E-state index contributed by atoms with van der Waals surface area (Å²) in [5, 5.41) is 1.00. The van der Waals surface area contributed by atoms with Gasteiger partial charge in [0.05, 0.1) is 17.0 Å². The number of pyridine rings is 1. The van der Waals surface area contributed by atoms with Gasteiger partial charge >= 0.3 is 0 Å². The Morgan fingerprint density at radius 1 is 0.970 bits per heavy atom. The molecule has 4 aromatic rings. The molecular weight excluding hydrogens is 456 g/mol. The van der Waals surface area contributed by atoms with Gasteiger partial charge in [0.25, 0.3) is 5.56 Å². The predicted octanol–water partition coefficient (Wildman–Crippen LogP) is 5.01. The zero-order valence-electron chi connectivity index (χ0n) is 17.8. The van der Waals surface area contributed by atoms with Crippen molar-refractivity contribution >= 4 is 45.9 Å². The van der Waals surface area contributed by atoms with Gasteiger partial charge in [-0.15, -0.1) is 0 Å². The van der Waals surface area contributed by atoms with Crippen molar-refractivity contribution in [2.24, 2.45) is 0 Å². The summed E-state index contributed by atoms with van der Waals surface area (Å²) >= 11 is 7.27. The summed E-state index contributed by atoms with van der Waals surface area (Å²) in [7, 11) is 0. The fraction of sp³-hybridized carbons (Fsp3) is 0.200. The molecule has 6 nitrogen and oxygen atoms in total. The Kier molecular flexibility index (Phi) is 6.15. The maximum absolute atomic E-state index is 13.2. The molecule has 0 amide bonds. The number of anilines is 1. The number of Topliss-reactive ketones (excluding diaryl/α,β-unsaturated/α-hetero) is 1. The molecule has 2 aromatic carbocycles. The van der Waals surface area contributed by atoms with Gasteiger partial charge in [0.1, 0.15) is 0 Å². The van der Waals surface area contributed by atoms with E-state index in [2.05, 4.69) is 14.9 Å². The van der Waals surface area contributed by atoms with Gasteiger partial charge in [-0.1, -0.05) is 23.4 Å². The van der Waals surface area contributed by atoms with E-state index in [0.29, 0.717) is 26.9 Å². The van der Waals surface area contributed by atoms with Gasteiger partial charge in [0.2, 0.25) is 0 Å². The third-order valence-corrected chi connectivity index (χ3v) is 6.87. The van der Waals surface area contributed by atoms with E-state index in [-0.39, 0.29) is 22.6 Å². The van der Waals surface area contributed by atoms with Crippen LogP contribution in [0.2, 0.25) is 5.02 Å². The van der Waals surface area contributed by atoms with Crippen molar-refractivity contribution in [2.45, 2.75) is 18.0 Å². The molecule has 1 aliphatic heterocycles. The molecule has 1 saturated heterocycles. The quantitative estimate of drug-likeness (QED) is 0.221. The Labute approximate surface area is 200 Å². The van der Waals surface area contributed by atoms with Crippen LogP contribution in [0.4, 0.5) is 5.69 Å². The number of benzene rings is 2. The smallest absolute Gasteiger partial charge is 0.285 e. The molecular formula is C25H21ClN4O2S. The zero-order valence-corrected chi connectivity index (χ0v) is 19.4. The number of nitrogens with zero attached hydrogens (tertiary/aromatic N) is 4. The van der Waals surface area contributed by atoms with Crippen molar-refractivity contribution in [3.8, 4) is 5.69 Å². The van der Waals surface area contributed by atoms with Crippen LogP contribution in [0.15, 0.2) is 76.8 Å². The fourth-order valence-corrected chi connectivity index (χ4v) is 4.99. The van der Waals surface area contributed by atoms with Crippen molar-refractivity contribution in [1.82, 2.24) is 14.5 Å². The van der Waals surface area contributed by atoms with Crippen LogP contribution in [-0.4, -0.2) is 39.2 Å². The number of thioether (sulfide) groups is 1. The van der Waals surface area contributed by atoms with Crippen molar-refractivity contribution in [3.05, 3.63) is 87.8 Å². The molecule has 0 bridgehead atoms. The third kappa shape index (κ3) is 4.51. The molecule has 3 heterocycles. The minimum atomic E-state index is -0.284. The number of ketones is 1. The second-order valence-electron chi connectivity index (χ2n) is 7.84. The molecule has 0 atom stereocenters. The van der Waals surface area contributed by atoms with E-state index >= 15 is 0 Å². The molecule has 0 N–H and O–H groups in total. The lowest BCUT2D eigenvalue weighted by molar-refractivity contribution is 0.102. The molecule has 0 spiro atoms. The first-order valence-corrected chi connectivity index (χ1v) is 12.1. The Balaban J connectivity index is 1.43. The number of carbonyl (C=O) groups is 1. The normalized spacial score (nSPS) is 13.5. The lowest BCUT2D eigenvalue weighted by Crippen LogP contribution is -2.23. The van der Waals surface area contributed by atoms with E-state index in [1.54, 1.807) is 42.6 Å². The first kappa shape index (κ1) is 21.7. The topological polar surface area (TPSA) is 68.1 Å². The van der Waals surface area contributed by atoms with E-state index in [9.17, 15) is 9.59 Å². The molecule has 0 aliphatic carbocycles. The SMILES string of the molecule is O=C(CSc1nc2cccnc2c(=O)n1-c1ccc(Cl)cc1)c1ccc(N2CCCC2)cc1. The van der Waals surface area contributed by atoms with Crippen LogP contribution in [0, 0.1) is 0 Å². The average molecular weight is 477 g/mol. The number of hydrogen-bond donors (Lipinski definition) is 0. The second kappa shape index (κ2) is 9.37. The minimum Gasteiger partial charge on any atom is -0.372 e. The molecule has 166 valence electrons. The highest BCUT2D eigenvalue weighted by Crippen LogP contribution is 2.24. The number of rotatable bonds is 6. The number of aromatic nitrogens is 3. The molecule has 1 aliphatic rings. The van der Waals surface area contributed by atoms with Gasteiger partial charge in [-0.3, -0.25) is 14.2 Å². The summed E-state index contributed by atoms with van der Waals surface area (Å²) in [5.74, 6) is 0.144. The lowest BCUT2D eigenvalue weighted by Gasteiger charge is -2.17. The Morgan fingerprint density at radius 3 is 2.39 bits per heavy atom. The summed E-state index contributed by atoms with van der Waals surface area (Å²) < 4.78 is 1.49. The largest absolute Gasteiger partial charge is 0.372 e. The second-order valence-corrected chi connectivity index (χ2v) is 9.21. The number of fused-ring (bicyclic) bond motifs is 1. The highest BCUT2D eigenvalue weighted by Gasteiger charge is 2.17. The first-order chi connectivity index (χ1) is 16.1. The van der Waals surface area contributed by atoms with Crippen LogP contribution >= 0.6 is 23.4 Å². The summed E-state index contributed by atoms with van der Waals surface area (Å²) in [6.07, 6.45) is 3.99. The zero-order chi connectivity index (χ0) is 22.8. The third-order valence-electron chi connectivity index (χ3n) is 5.68. The van der Waals surface area contributed by atoms with Gasteiger partial charge in [0.15, 0.2) is 16.5 Å². The van der Waals surface area contributed by atoms with Gasteiger partial charge in [-0.2, -0.15) is 0 Å². The van der Waals surface area contributed by atoms with E-state index in [0.717, 1.165) is 18.8 Å². The average Bonchev–Trinajstić information content (AvgIpc) is 3.39. The molecule has 8 heteroatoms. The van der Waals surface area contributed by atoms with Crippen molar-refractivity contribution in [3.63, 3.8) is 0 Å². The Hall–Kier alpha value is -3.16. The van der Waals surface area contributed by atoms with Gasteiger partial charge < -0.3 is 4.90 Å². The highest BCUT2D eigenvalue weighted by molar-refractivity contribution is 7.99. The van der Waals surface area contributed by atoms with Crippen LogP contribution in [0.3, 0.4) is 0 Å². The number of halogens is 1.